The number of nitrogens with two attached hydrogens (primary N) is 1. The molecule has 1 aromatic carbocycles. The summed E-state index contributed by atoms with van der Waals surface area (Å²) in [6, 6.07) is 9.50. The largest absolute Gasteiger partial charge is 0.352 e. The lowest BCUT2D eigenvalue weighted by Gasteiger charge is -2.36. The molecule has 0 bridgehead atoms. The minimum Gasteiger partial charge on any atom is -0.352 e. The Bertz CT molecular complexity index is 987. The summed E-state index contributed by atoms with van der Waals surface area (Å²) < 4.78 is 1.76. The predicted octanol–water partition coefficient (Wildman–Crippen LogP) is 2.25. The third-order valence-corrected chi connectivity index (χ3v) is 5.24. The number of carbonyl (C=O) groups is 1. The molecule has 4 rings (SSSR count). The first-order chi connectivity index (χ1) is 13.5. The Morgan fingerprint density at radius 3 is 2.43 bits per heavy atom. The molecule has 3 heterocycles. The highest BCUT2D eigenvalue weighted by atomic mass is 35.5. The number of carbonyl (C=O) groups excluding carboxylic acids is 1. The summed E-state index contributed by atoms with van der Waals surface area (Å²) >= 11 is 0. The van der Waals surface area contributed by atoms with Gasteiger partial charge in [-0.2, -0.15) is 5.10 Å². The average Bonchev–Trinajstić information content (AvgIpc) is 3.09. The fourth-order valence-corrected chi connectivity index (χ4v) is 3.66. The van der Waals surface area contributed by atoms with Crippen LogP contribution in [0.3, 0.4) is 0 Å². The second-order valence-corrected chi connectivity index (χ2v) is 7.19. The number of halogens is 2. The summed E-state index contributed by atoms with van der Waals surface area (Å²) in [6.45, 7) is 4.66. The molecule has 0 aliphatic carbocycles. The minimum absolute atomic E-state index is 0. The summed E-state index contributed by atoms with van der Waals surface area (Å²) in [5.74, 6) is 1.71. The monoisotopic (exact) mass is 451 g/mol. The molecule has 1 aliphatic rings. The lowest BCUT2D eigenvalue weighted by atomic mass is 10.0. The number of nitrogens with zero attached hydrogens (tertiary/aromatic N) is 6. The van der Waals surface area contributed by atoms with Gasteiger partial charge in [-0.15, -0.1) is 24.8 Å². The molecule has 1 unspecified atom stereocenters. The molecule has 30 heavy (non-hydrogen) atoms. The van der Waals surface area contributed by atoms with Gasteiger partial charge in [0.2, 0.25) is 5.91 Å². The van der Waals surface area contributed by atoms with E-state index in [4.69, 9.17) is 5.73 Å². The smallest absolute Gasteiger partial charge is 0.224 e. The van der Waals surface area contributed by atoms with Crippen molar-refractivity contribution in [2.45, 2.75) is 19.4 Å². The van der Waals surface area contributed by atoms with Crippen molar-refractivity contribution in [3.05, 3.63) is 47.9 Å². The third-order valence-electron chi connectivity index (χ3n) is 5.24. The Morgan fingerprint density at radius 2 is 1.77 bits per heavy atom. The van der Waals surface area contributed by atoms with E-state index < -0.39 is 0 Å². The van der Waals surface area contributed by atoms with Crippen LogP contribution in [0, 0.1) is 6.92 Å². The molecule has 1 atom stereocenters. The van der Waals surface area contributed by atoms with Gasteiger partial charge in [0.05, 0.1) is 11.6 Å². The summed E-state index contributed by atoms with van der Waals surface area (Å²) in [5, 5.41) is 5.25. The van der Waals surface area contributed by atoms with Gasteiger partial charge in [-0.3, -0.25) is 9.48 Å². The van der Waals surface area contributed by atoms with Crippen molar-refractivity contribution in [3.63, 3.8) is 0 Å². The number of hydrogen-bond donors (Lipinski definition) is 1. The molecule has 2 N–H and O–H groups in total. The van der Waals surface area contributed by atoms with Crippen LogP contribution in [0.2, 0.25) is 0 Å². The second-order valence-electron chi connectivity index (χ2n) is 7.19. The first-order valence-corrected chi connectivity index (χ1v) is 9.52. The van der Waals surface area contributed by atoms with Crippen molar-refractivity contribution in [2.24, 2.45) is 12.8 Å². The number of hydrogen-bond acceptors (Lipinski definition) is 6. The van der Waals surface area contributed by atoms with E-state index in [9.17, 15) is 4.79 Å². The summed E-state index contributed by atoms with van der Waals surface area (Å²) in [5.41, 5.74) is 8.04. The number of benzene rings is 1. The number of anilines is 1. The van der Waals surface area contributed by atoms with Gasteiger partial charge >= 0.3 is 0 Å². The maximum Gasteiger partial charge on any atom is 0.224 e. The van der Waals surface area contributed by atoms with Gasteiger partial charge < -0.3 is 15.5 Å². The molecule has 1 aliphatic heterocycles. The van der Waals surface area contributed by atoms with E-state index in [-0.39, 0.29) is 36.8 Å². The van der Waals surface area contributed by atoms with Gasteiger partial charge in [0.25, 0.3) is 0 Å². The molecule has 8 nitrogen and oxygen atoms in total. The molecule has 0 saturated carbocycles. The number of aryl methyl sites for hydroxylation is 2. The van der Waals surface area contributed by atoms with Crippen LogP contribution in [0.15, 0.2) is 36.5 Å². The number of aromatic nitrogens is 4. The molecule has 1 saturated heterocycles. The molecular formula is C20H27Cl2N7O. The van der Waals surface area contributed by atoms with E-state index >= 15 is 0 Å². The Balaban J connectivity index is 0.00000160. The topological polar surface area (TPSA) is 93.2 Å². The zero-order chi connectivity index (χ0) is 19.7. The lowest BCUT2D eigenvalue weighted by molar-refractivity contribution is -0.131. The summed E-state index contributed by atoms with van der Waals surface area (Å²) in [7, 11) is 1.88. The molecule has 0 radical (unpaired) electrons. The number of rotatable bonds is 4. The van der Waals surface area contributed by atoms with Gasteiger partial charge in [-0.1, -0.05) is 30.3 Å². The van der Waals surface area contributed by atoms with Crippen molar-refractivity contribution < 1.29 is 4.79 Å². The van der Waals surface area contributed by atoms with Gasteiger partial charge in [0.15, 0.2) is 5.65 Å². The maximum atomic E-state index is 12.7. The summed E-state index contributed by atoms with van der Waals surface area (Å²) in [6.07, 6.45) is 2.13. The van der Waals surface area contributed by atoms with Gasteiger partial charge in [-0.05, 0) is 12.5 Å². The van der Waals surface area contributed by atoms with Crippen molar-refractivity contribution >= 4 is 47.6 Å². The minimum atomic E-state index is -0.272. The number of fused-ring (bicyclic) bond motifs is 1. The molecule has 3 aromatic rings. The van der Waals surface area contributed by atoms with E-state index in [1.165, 1.54) is 0 Å². The van der Waals surface area contributed by atoms with Crippen LogP contribution < -0.4 is 10.6 Å². The van der Waals surface area contributed by atoms with E-state index in [0.717, 1.165) is 41.3 Å². The van der Waals surface area contributed by atoms with Gasteiger partial charge in [-0.25, -0.2) is 9.97 Å². The standard InChI is InChI=1S/C20H25N7O.2ClH/c1-14-23-19-16(13-22-25(19)2)20(24-14)27-10-8-26(9-11-27)18(28)12-17(21)15-6-4-3-5-7-15;;/h3-7,13,17H,8-12,21H2,1-2H3;2*1H. The molecule has 10 heteroatoms. The second kappa shape index (κ2) is 10.1. The number of amides is 1. The molecule has 2 aromatic heterocycles. The highest BCUT2D eigenvalue weighted by Crippen LogP contribution is 2.25. The van der Waals surface area contributed by atoms with Gasteiger partial charge in [0, 0.05) is 45.7 Å². The highest BCUT2D eigenvalue weighted by Gasteiger charge is 2.25. The van der Waals surface area contributed by atoms with Crippen molar-refractivity contribution in [1.29, 1.82) is 0 Å². The van der Waals surface area contributed by atoms with Crippen molar-refractivity contribution in [1.82, 2.24) is 24.6 Å². The van der Waals surface area contributed by atoms with E-state index in [1.54, 1.807) is 10.9 Å². The molecule has 1 fully saturated rings. The van der Waals surface area contributed by atoms with Crippen molar-refractivity contribution in [3.8, 4) is 0 Å². The average molecular weight is 452 g/mol. The Kier molecular flexibility index (Phi) is 8.00. The van der Waals surface area contributed by atoms with E-state index in [2.05, 4.69) is 20.0 Å². The SMILES string of the molecule is Cc1nc(N2CCN(C(=O)CC(N)c3ccccc3)CC2)c2cnn(C)c2n1.Cl.Cl. The maximum absolute atomic E-state index is 12.7. The highest BCUT2D eigenvalue weighted by molar-refractivity contribution is 5.87. The Hall–Kier alpha value is -2.42. The first kappa shape index (κ1) is 23.9. The zero-order valence-electron chi connectivity index (χ0n) is 17.1. The predicted molar refractivity (Wildman–Crippen MR) is 122 cm³/mol. The first-order valence-electron chi connectivity index (χ1n) is 9.52. The van der Waals surface area contributed by atoms with Crippen LogP contribution in [0.25, 0.3) is 11.0 Å². The molecule has 162 valence electrons. The normalized spacial score (nSPS) is 14.8. The Labute approximate surface area is 188 Å². The quantitative estimate of drug-likeness (QED) is 0.653. The number of piperazine rings is 1. The van der Waals surface area contributed by atoms with Crippen LogP contribution >= 0.6 is 24.8 Å². The molecular weight excluding hydrogens is 425 g/mol. The summed E-state index contributed by atoms with van der Waals surface area (Å²) in [4.78, 5) is 25.9. The van der Waals surface area contributed by atoms with Crippen LogP contribution in [-0.2, 0) is 11.8 Å². The zero-order valence-corrected chi connectivity index (χ0v) is 18.7. The van der Waals surface area contributed by atoms with Crippen LogP contribution in [0.5, 0.6) is 0 Å². The fourth-order valence-electron chi connectivity index (χ4n) is 3.66. The van der Waals surface area contributed by atoms with Crippen LogP contribution in [-0.4, -0.2) is 56.7 Å². The third kappa shape index (κ3) is 4.83. The van der Waals surface area contributed by atoms with Gasteiger partial charge in [0.1, 0.15) is 11.6 Å². The lowest BCUT2D eigenvalue weighted by Crippen LogP contribution is -2.49. The van der Waals surface area contributed by atoms with Crippen molar-refractivity contribution in [2.75, 3.05) is 31.1 Å². The van der Waals surface area contributed by atoms with Crippen LogP contribution in [0.1, 0.15) is 23.9 Å². The van der Waals surface area contributed by atoms with E-state index in [1.807, 2.05) is 49.2 Å². The fraction of sp³-hybridized carbons (Fsp3) is 0.400. The Morgan fingerprint density at radius 1 is 1.10 bits per heavy atom. The van der Waals surface area contributed by atoms with Crippen LogP contribution in [0.4, 0.5) is 5.82 Å². The molecule has 1 amide bonds. The van der Waals surface area contributed by atoms with E-state index in [0.29, 0.717) is 19.5 Å². The molecule has 0 spiro atoms.